The quantitative estimate of drug-likeness (QED) is 0.800. The molecule has 0 spiro atoms. The molecule has 0 unspecified atom stereocenters. The molecule has 3 rings (SSSR count). The van der Waals surface area contributed by atoms with Gasteiger partial charge in [-0.1, -0.05) is 12.1 Å². The number of benzene rings is 2. The second-order valence-corrected chi connectivity index (χ2v) is 8.54. The van der Waals surface area contributed by atoms with E-state index in [-0.39, 0.29) is 23.9 Å². The van der Waals surface area contributed by atoms with Gasteiger partial charge in [0.2, 0.25) is 10.0 Å². The molecule has 1 aliphatic rings. The summed E-state index contributed by atoms with van der Waals surface area (Å²) >= 11 is 0. The molecular weight excluding hydrogens is 369 g/mol. The fraction of sp³-hybridized carbons (Fsp3) is 0.316. The minimum atomic E-state index is -3.77. The molecule has 27 heavy (non-hydrogen) atoms. The summed E-state index contributed by atoms with van der Waals surface area (Å²) in [5, 5.41) is 0. The number of hydrogen-bond donors (Lipinski definition) is 0. The highest BCUT2D eigenvalue weighted by Crippen LogP contribution is 2.20. The van der Waals surface area contributed by atoms with E-state index in [0.717, 1.165) is 11.8 Å². The van der Waals surface area contributed by atoms with E-state index >= 15 is 0 Å². The maximum atomic E-state index is 13.4. The molecule has 1 aliphatic heterocycles. The van der Waals surface area contributed by atoms with Crippen molar-refractivity contribution in [3.05, 3.63) is 59.9 Å². The van der Waals surface area contributed by atoms with Crippen LogP contribution in [0.2, 0.25) is 0 Å². The Balaban J connectivity index is 1.70. The van der Waals surface area contributed by atoms with Gasteiger partial charge in [-0.3, -0.25) is 4.79 Å². The van der Waals surface area contributed by atoms with Crippen LogP contribution < -0.4 is 4.90 Å². The van der Waals surface area contributed by atoms with E-state index in [2.05, 4.69) is 0 Å². The maximum Gasteiger partial charge on any atom is 0.254 e. The first-order chi connectivity index (χ1) is 12.8. The third kappa shape index (κ3) is 4.12. The Morgan fingerprint density at radius 1 is 1.00 bits per heavy atom. The molecule has 0 bridgehead atoms. The predicted molar refractivity (Wildman–Crippen MR) is 102 cm³/mol. The number of halogens is 1. The Labute approximate surface area is 158 Å². The van der Waals surface area contributed by atoms with Crippen molar-refractivity contribution in [1.29, 1.82) is 0 Å². The molecule has 1 amide bonds. The number of hydrogen-bond acceptors (Lipinski definition) is 4. The van der Waals surface area contributed by atoms with Crippen LogP contribution >= 0.6 is 0 Å². The zero-order chi connectivity index (χ0) is 19.6. The third-order valence-corrected chi connectivity index (χ3v) is 6.46. The molecule has 2 aromatic rings. The normalized spacial score (nSPS) is 15.6. The number of piperazine rings is 1. The van der Waals surface area contributed by atoms with Crippen molar-refractivity contribution < 1.29 is 17.6 Å². The molecule has 1 heterocycles. The van der Waals surface area contributed by atoms with Crippen LogP contribution in [-0.4, -0.2) is 63.8 Å². The van der Waals surface area contributed by atoms with E-state index in [1.807, 2.05) is 37.2 Å². The highest BCUT2D eigenvalue weighted by Gasteiger charge is 2.30. The highest BCUT2D eigenvalue weighted by molar-refractivity contribution is 7.89. The second kappa shape index (κ2) is 7.66. The van der Waals surface area contributed by atoms with Gasteiger partial charge in [-0.2, -0.15) is 4.31 Å². The Morgan fingerprint density at radius 3 is 2.30 bits per heavy atom. The van der Waals surface area contributed by atoms with Gasteiger partial charge in [0.05, 0.1) is 4.90 Å². The van der Waals surface area contributed by atoms with Gasteiger partial charge in [-0.05, 0) is 36.4 Å². The lowest BCUT2D eigenvalue weighted by Gasteiger charge is -2.34. The van der Waals surface area contributed by atoms with E-state index in [1.54, 1.807) is 11.0 Å². The zero-order valence-corrected chi connectivity index (χ0v) is 16.1. The van der Waals surface area contributed by atoms with Crippen LogP contribution in [0.1, 0.15) is 10.4 Å². The molecular formula is C19H22FN3O3S. The second-order valence-electron chi connectivity index (χ2n) is 6.60. The number of rotatable bonds is 4. The summed E-state index contributed by atoms with van der Waals surface area (Å²) in [5.41, 5.74) is 1.50. The van der Waals surface area contributed by atoms with E-state index in [1.165, 1.54) is 22.5 Å². The highest BCUT2D eigenvalue weighted by atomic mass is 32.2. The number of nitrogens with zero attached hydrogens (tertiary/aromatic N) is 3. The standard InChI is InChI=1S/C19H22FN3O3S/c1-21(2)17-7-3-5-15(13-17)19(24)22-9-11-23(12-10-22)27(25,26)18-8-4-6-16(20)14-18/h3-8,13-14H,9-12H2,1-2H3. The lowest BCUT2D eigenvalue weighted by atomic mass is 10.1. The van der Waals surface area contributed by atoms with Gasteiger partial charge in [0.25, 0.3) is 5.91 Å². The van der Waals surface area contributed by atoms with Gasteiger partial charge in [-0.15, -0.1) is 0 Å². The third-order valence-electron chi connectivity index (χ3n) is 4.57. The van der Waals surface area contributed by atoms with Gasteiger partial charge in [0.1, 0.15) is 5.82 Å². The lowest BCUT2D eigenvalue weighted by molar-refractivity contribution is 0.0698. The minimum Gasteiger partial charge on any atom is -0.378 e. The number of carbonyl (C=O) groups excluding carboxylic acids is 1. The molecule has 0 radical (unpaired) electrons. The molecule has 0 aromatic heterocycles. The summed E-state index contributed by atoms with van der Waals surface area (Å²) < 4.78 is 40.0. The van der Waals surface area contributed by atoms with Gasteiger partial charge in [-0.25, -0.2) is 12.8 Å². The number of anilines is 1. The molecule has 1 saturated heterocycles. The SMILES string of the molecule is CN(C)c1cccc(C(=O)N2CCN(S(=O)(=O)c3cccc(F)c3)CC2)c1. The molecule has 144 valence electrons. The first kappa shape index (κ1) is 19.3. The lowest BCUT2D eigenvalue weighted by Crippen LogP contribution is -2.50. The predicted octanol–water partition coefficient (Wildman–Crippen LogP) is 2.04. The summed E-state index contributed by atoms with van der Waals surface area (Å²) in [5.74, 6) is -0.716. The van der Waals surface area contributed by atoms with Crippen molar-refractivity contribution in [2.75, 3.05) is 45.2 Å². The summed E-state index contributed by atoms with van der Waals surface area (Å²) in [7, 11) is 0.0373. The van der Waals surface area contributed by atoms with Crippen LogP contribution in [0.3, 0.4) is 0 Å². The Bertz CT molecular complexity index is 939. The molecule has 6 nitrogen and oxygen atoms in total. The fourth-order valence-corrected chi connectivity index (χ4v) is 4.46. The van der Waals surface area contributed by atoms with Crippen molar-refractivity contribution >= 4 is 21.6 Å². The molecule has 1 fully saturated rings. The summed E-state index contributed by atoms with van der Waals surface area (Å²) in [6, 6.07) is 12.3. The first-order valence-corrected chi connectivity index (χ1v) is 10.1. The summed E-state index contributed by atoms with van der Waals surface area (Å²) in [4.78, 5) is 16.2. The Kier molecular flexibility index (Phi) is 5.48. The van der Waals surface area contributed by atoms with Crippen molar-refractivity contribution in [2.24, 2.45) is 0 Å². The van der Waals surface area contributed by atoms with Gasteiger partial charge < -0.3 is 9.80 Å². The van der Waals surface area contributed by atoms with E-state index in [9.17, 15) is 17.6 Å². The van der Waals surface area contributed by atoms with Crippen LogP contribution in [0.25, 0.3) is 0 Å². The molecule has 0 saturated carbocycles. The summed E-state index contributed by atoms with van der Waals surface area (Å²) in [6.45, 7) is 0.940. The van der Waals surface area contributed by atoms with E-state index in [4.69, 9.17) is 0 Å². The minimum absolute atomic E-state index is 0.0686. The number of carbonyl (C=O) groups is 1. The average Bonchev–Trinajstić information content (AvgIpc) is 2.67. The number of amides is 1. The largest absolute Gasteiger partial charge is 0.378 e. The molecule has 2 aromatic carbocycles. The van der Waals surface area contributed by atoms with Crippen molar-refractivity contribution in [1.82, 2.24) is 9.21 Å². The molecule has 8 heteroatoms. The summed E-state index contributed by atoms with van der Waals surface area (Å²) in [6.07, 6.45) is 0. The monoisotopic (exact) mass is 391 g/mol. The maximum absolute atomic E-state index is 13.4. The van der Waals surface area contributed by atoms with Crippen LogP contribution in [0, 0.1) is 5.82 Å². The molecule has 0 aliphatic carbocycles. The van der Waals surface area contributed by atoms with Crippen LogP contribution in [0.5, 0.6) is 0 Å². The molecule has 0 atom stereocenters. The van der Waals surface area contributed by atoms with Crippen LogP contribution in [0.15, 0.2) is 53.4 Å². The van der Waals surface area contributed by atoms with Gasteiger partial charge in [0, 0.05) is 51.5 Å². The molecule has 0 N–H and O–H groups in total. The van der Waals surface area contributed by atoms with Crippen LogP contribution in [0.4, 0.5) is 10.1 Å². The van der Waals surface area contributed by atoms with Gasteiger partial charge in [0.15, 0.2) is 0 Å². The van der Waals surface area contributed by atoms with Crippen molar-refractivity contribution in [2.45, 2.75) is 4.90 Å². The fourth-order valence-electron chi connectivity index (χ4n) is 3.01. The van der Waals surface area contributed by atoms with E-state index in [0.29, 0.717) is 18.7 Å². The number of sulfonamides is 1. The first-order valence-electron chi connectivity index (χ1n) is 8.61. The van der Waals surface area contributed by atoms with E-state index < -0.39 is 15.8 Å². The Morgan fingerprint density at radius 2 is 1.67 bits per heavy atom. The van der Waals surface area contributed by atoms with Gasteiger partial charge >= 0.3 is 0 Å². The average molecular weight is 391 g/mol. The Hall–Kier alpha value is -2.45. The zero-order valence-electron chi connectivity index (χ0n) is 15.3. The topological polar surface area (TPSA) is 60.9 Å². The smallest absolute Gasteiger partial charge is 0.254 e. The van der Waals surface area contributed by atoms with Crippen molar-refractivity contribution in [3.8, 4) is 0 Å². The van der Waals surface area contributed by atoms with Crippen LogP contribution in [-0.2, 0) is 10.0 Å². The van der Waals surface area contributed by atoms with Crippen molar-refractivity contribution in [3.63, 3.8) is 0 Å².